The SMILES string of the molecule is Cc1nnc2ccc(C(=O)N(C)C3CCCCCC3)cn12. The van der Waals surface area contributed by atoms with Crippen molar-refractivity contribution in [1.82, 2.24) is 19.5 Å². The van der Waals surface area contributed by atoms with Crippen LogP contribution in [0.1, 0.15) is 54.7 Å². The van der Waals surface area contributed by atoms with Crippen LogP contribution in [0.15, 0.2) is 18.3 Å². The molecular formula is C16H22N4O. The molecule has 5 heteroatoms. The van der Waals surface area contributed by atoms with E-state index < -0.39 is 0 Å². The molecule has 5 nitrogen and oxygen atoms in total. The number of aromatic nitrogens is 3. The van der Waals surface area contributed by atoms with E-state index in [0.717, 1.165) is 24.3 Å². The Kier molecular flexibility index (Phi) is 3.90. The molecule has 1 saturated carbocycles. The van der Waals surface area contributed by atoms with Gasteiger partial charge < -0.3 is 4.90 Å². The van der Waals surface area contributed by atoms with Gasteiger partial charge in [0, 0.05) is 19.3 Å². The van der Waals surface area contributed by atoms with Gasteiger partial charge in [-0.05, 0) is 31.9 Å². The summed E-state index contributed by atoms with van der Waals surface area (Å²) in [7, 11) is 1.93. The Morgan fingerprint density at radius 3 is 2.62 bits per heavy atom. The van der Waals surface area contributed by atoms with Crippen LogP contribution in [0.25, 0.3) is 5.65 Å². The average Bonchev–Trinajstić information content (AvgIpc) is 2.72. The van der Waals surface area contributed by atoms with Crippen molar-refractivity contribution >= 4 is 11.6 Å². The fourth-order valence-corrected chi connectivity index (χ4v) is 3.15. The maximum atomic E-state index is 12.7. The molecule has 1 fully saturated rings. The number of pyridine rings is 1. The molecule has 0 aliphatic heterocycles. The van der Waals surface area contributed by atoms with Gasteiger partial charge in [0.15, 0.2) is 5.65 Å². The molecule has 0 aromatic carbocycles. The van der Waals surface area contributed by atoms with Gasteiger partial charge in [0.1, 0.15) is 5.82 Å². The Balaban J connectivity index is 1.83. The normalized spacial score (nSPS) is 16.9. The number of amides is 1. The molecule has 0 saturated heterocycles. The van der Waals surface area contributed by atoms with E-state index in [1.165, 1.54) is 25.7 Å². The van der Waals surface area contributed by atoms with Gasteiger partial charge in [-0.15, -0.1) is 10.2 Å². The first-order chi connectivity index (χ1) is 10.2. The van der Waals surface area contributed by atoms with Crippen LogP contribution in [-0.4, -0.2) is 38.5 Å². The maximum Gasteiger partial charge on any atom is 0.255 e. The minimum Gasteiger partial charge on any atom is -0.339 e. The summed E-state index contributed by atoms with van der Waals surface area (Å²) >= 11 is 0. The van der Waals surface area contributed by atoms with E-state index in [4.69, 9.17) is 0 Å². The maximum absolute atomic E-state index is 12.7. The first kappa shape index (κ1) is 14.0. The molecule has 0 atom stereocenters. The van der Waals surface area contributed by atoms with Crippen molar-refractivity contribution in [2.45, 2.75) is 51.5 Å². The minimum absolute atomic E-state index is 0.0944. The van der Waals surface area contributed by atoms with E-state index in [1.807, 2.05) is 41.6 Å². The first-order valence-electron chi connectivity index (χ1n) is 7.75. The van der Waals surface area contributed by atoms with E-state index in [2.05, 4.69) is 10.2 Å². The van der Waals surface area contributed by atoms with Crippen LogP contribution < -0.4 is 0 Å². The van der Waals surface area contributed by atoms with Crippen LogP contribution in [-0.2, 0) is 0 Å². The molecule has 0 N–H and O–H groups in total. The largest absolute Gasteiger partial charge is 0.339 e. The molecule has 0 unspecified atom stereocenters. The Morgan fingerprint density at radius 2 is 1.90 bits per heavy atom. The highest BCUT2D eigenvalue weighted by atomic mass is 16.2. The lowest BCUT2D eigenvalue weighted by Gasteiger charge is -2.27. The second-order valence-electron chi connectivity index (χ2n) is 5.95. The summed E-state index contributed by atoms with van der Waals surface area (Å²) in [4.78, 5) is 14.6. The predicted octanol–water partition coefficient (Wildman–Crippen LogP) is 2.83. The van der Waals surface area contributed by atoms with Crippen LogP contribution in [0.4, 0.5) is 0 Å². The molecule has 21 heavy (non-hydrogen) atoms. The van der Waals surface area contributed by atoms with Crippen molar-refractivity contribution in [3.63, 3.8) is 0 Å². The molecule has 3 rings (SSSR count). The fraction of sp³-hybridized carbons (Fsp3) is 0.562. The third-order valence-electron chi connectivity index (χ3n) is 4.51. The quantitative estimate of drug-likeness (QED) is 0.798. The van der Waals surface area contributed by atoms with Gasteiger partial charge in [0.2, 0.25) is 0 Å². The summed E-state index contributed by atoms with van der Waals surface area (Å²) in [6.07, 6.45) is 9.14. The lowest BCUT2D eigenvalue weighted by molar-refractivity contribution is 0.0717. The Bertz CT molecular complexity index is 641. The van der Waals surface area contributed by atoms with Gasteiger partial charge in [-0.2, -0.15) is 0 Å². The van der Waals surface area contributed by atoms with Crippen molar-refractivity contribution in [3.8, 4) is 0 Å². The van der Waals surface area contributed by atoms with E-state index in [0.29, 0.717) is 11.6 Å². The van der Waals surface area contributed by atoms with Crippen molar-refractivity contribution in [1.29, 1.82) is 0 Å². The molecule has 112 valence electrons. The lowest BCUT2D eigenvalue weighted by atomic mass is 10.1. The van der Waals surface area contributed by atoms with Crippen LogP contribution in [0.3, 0.4) is 0 Å². The summed E-state index contributed by atoms with van der Waals surface area (Å²) in [6, 6.07) is 4.07. The summed E-state index contributed by atoms with van der Waals surface area (Å²) in [5.41, 5.74) is 1.48. The number of aryl methyl sites for hydroxylation is 1. The molecule has 0 radical (unpaired) electrons. The van der Waals surface area contributed by atoms with Gasteiger partial charge >= 0.3 is 0 Å². The monoisotopic (exact) mass is 286 g/mol. The molecule has 1 aliphatic rings. The molecule has 2 aromatic heterocycles. The zero-order chi connectivity index (χ0) is 14.8. The number of carbonyl (C=O) groups is 1. The fourth-order valence-electron chi connectivity index (χ4n) is 3.15. The predicted molar refractivity (Wildman–Crippen MR) is 81.3 cm³/mol. The molecular weight excluding hydrogens is 264 g/mol. The van der Waals surface area contributed by atoms with Crippen molar-refractivity contribution in [2.24, 2.45) is 0 Å². The van der Waals surface area contributed by atoms with E-state index in [1.54, 1.807) is 0 Å². The highest BCUT2D eigenvalue weighted by molar-refractivity contribution is 5.94. The zero-order valence-electron chi connectivity index (χ0n) is 12.7. The smallest absolute Gasteiger partial charge is 0.255 e. The van der Waals surface area contributed by atoms with E-state index >= 15 is 0 Å². The number of fused-ring (bicyclic) bond motifs is 1. The molecule has 0 bridgehead atoms. The van der Waals surface area contributed by atoms with Gasteiger partial charge in [-0.1, -0.05) is 25.7 Å². The number of rotatable bonds is 2. The average molecular weight is 286 g/mol. The minimum atomic E-state index is 0.0944. The summed E-state index contributed by atoms with van der Waals surface area (Å²) < 4.78 is 1.87. The Labute approximate surface area is 125 Å². The van der Waals surface area contributed by atoms with E-state index in [-0.39, 0.29) is 5.91 Å². The highest BCUT2D eigenvalue weighted by Crippen LogP contribution is 2.22. The van der Waals surface area contributed by atoms with E-state index in [9.17, 15) is 4.79 Å². The highest BCUT2D eigenvalue weighted by Gasteiger charge is 2.22. The number of hydrogen-bond donors (Lipinski definition) is 0. The van der Waals surface area contributed by atoms with Crippen molar-refractivity contribution < 1.29 is 4.79 Å². The number of carbonyl (C=O) groups excluding carboxylic acids is 1. The molecule has 0 spiro atoms. The topological polar surface area (TPSA) is 50.5 Å². The van der Waals surface area contributed by atoms with Gasteiger partial charge in [-0.3, -0.25) is 9.20 Å². The number of nitrogens with zero attached hydrogens (tertiary/aromatic N) is 4. The van der Waals surface area contributed by atoms with Gasteiger partial charge in [0.25, 0.3) is 5.91 Å². The second kappa shape index (κ2) is 5.84. The number of hydrogen-bond acceptors (Lipinski definition) is 3. The standard InChI is InChI=1S/C16H22N4O/c1-12-17-18-15-10-9-13(11-20(12)15)16(21)19(2)14-7-5-3-4-6-8-14/h9-11,14H,3-8H2,1-2H3. The van der Waals surface area contributed by atoms with Gasteiger partial charge in [-0.25, -0.2) is 0 Å². The van der Waals surface area contributed by atoms with Gasteiger partial charge in [0.05, 0.1) is 5.56 Å². The van der Waals surface area contributed by atoms with Crippen LogP contribution >= 0.6 is 0 Å². The Hall–Kier alpha value is -1.91. The molecule has 2 heterocycles. The van der Waals surface area contributed by atoms with Crippen molar-refractivity contribution in [3.05, 3.63) is 29.7 Å². The molecule has 2 aromatic rings. The molecule has 1 amide bonds. The first-order valence-corrected chi connectivity index (χ1v) is 7.75. The summed E-state index contributed by atoms with van der Waals surface area (Å²) in [6.45, 7) is 1.89. The third kappa shape index (κ3) is 2.77. The van der Waals surface area contributed by atoms with Crippen LogP contribution in [0, 0.1) is 6.92 Å². The second-order valence-corrected chi connectivity index (χ2v) is 5.95. The Morgan fingerprint density at radius 1 is 1.19 bits per heavy atom. The zero-order valence-corrected chi connectivity index (χ0v) is 12.7. The summed E-state index contributed by atoms with van der Waals surface area (Å²) in [5, 5.41) is 8.09. The summed E-state index contributed by atoms with van der Waals surface area (Å²) in [5.74, 6) is 0.897. The third-order valence-corrected chi connectivity index (χ3v) is 4.51. The van der Waals surface area contributed by atoms with Crippen LogP contribution in [0.2, 0.25) is 0 Å². The lowest BCUT2D eigenvalue weighted by Crippen LogP contribution is -2.36. The van der Waals surface area contributed by atoms with Crippen LogP contribution in [0.5, 0.6) is 0 Å². The molecule has 1 aliphatic carbocycles. The van der Waals surface area contributed by atoms with Crippen molar-refractivity contribution in [2.75, 3.05) is 7.05 Å².